The summed E-state index contributed by atoms with van der Waals surface area (Å²) in [7, 11) is 0. The van der Waals surface area contributed by atoms with Crippen LogP contribution in [-0.4, -0.2) is 32.0 Å². The number of rotatable bonds is 5. The molecule has 1 aliphatic carbocycles. The highest BCUT2D eigenvalue weighted by Crippen LogP contribution is 2.38. The summed E-state index contributed by atoms with van der Waals surface area (Å²) in [4.78, 5) is 16.6. The van der Waals surface area contributed by atoms with E-state index in [-0.39, 0.29) is 5.91 Å². The second-order valence-electron chi connectivity index (χ2n) is 5.69. The molecule has 1 fully saturated rings. The van der Waals surface area contributed by atoms with E-state index in [0.717, 1.165) is 17.0 Å². The number of fused-ring (bicyclic) bond motifs is 1. The first kappa shape index (κ1) is 13.1. The third kappa shape index (κ3) is 2.59. The lowest BCUT2D eigenvalue weighted by atomic mass is 10.2. The summed E-state index contributed by atoms with van der Waals surface area (Å²) in [6.45, 7) is 0.550. The molecule has 6 heteroatoms. The van der Waals surface area contributed by atoms with E-state index in [1.54, 1.807) is 0 Å². The molecule has 0 unspecified atom stereocenters. The van der Waals surface area contributed by atoms with Crippen molar-refractivity contribution in [3.8, 4) is 0 Å². The number of carbonyl (C=O) groups is 1. The van der Waals surface area contributed by atoms with Gasteiger partial charge in [0, 0.05) is 37.0 Å². The van der Waals surface area contributed by atoms with Gasteiger partial charge in [0.2, 0.25) is 0 Å². The average molecular weight is 295 g/mol. The Morgan fingerprint density at radius 2 is 2.32 bits per heavy atom. The van der Waals surface area contributed by atoms with Gasteiger partial charge in [-0.3, -0.25) is 9.89 Å². The Morgan fingerprint density at radius 1 is 1.41 bits per heavy atom. The molecule has 4 rings (SSSR count). The van der Waals surface area contributed by atoms with Crippen molar-refractivity contribution < 1.29 is 4.79 Å². The van der Waals surface area contributed by atoms with Gasteiger partial charge in [0.15, 0.2) is 0 Å². The molecule has 0 spiro atoms. The maximum atomic E-state index is 12.0. The van der Waals surface area contributed by atoms with Gasteiger partial charge in [-0.15, -0.1) is 0 Å². The second-order valence-corrected chi connectivity index (χ2v) is 5.69. The molecule has 0 aliphatic heterocycles. The maximum Gasteiger partial charge on any atom is 0.271 e. The molecule has 0 saturated heterocycles. The van der Waals surface area contributed by atoms with E-state index in [9.17, 15) is 4.79 Å². The van der Waals surface area contributed by atoms with Gasteiger partial charge in [-0.2, -0.15) is 5.10 Å². The number of amides is 1. The van der Waals surface area contributed by atoms with Crippen molar-refractivity contribution in [1.29, 1.82) is 0 Å². The average Bonchev–Trinajstić information content (AvgIpc) is 3.11. The summed E-state index contributed by atoms with van der Waals surface area (Å²) in [6, 6.07) is 7.75. The smallest absolute Gasteiger partial charge is 0.271 e. The molecule has 1 aliphatic rings. The first-order valence-corrected chi connectivity index (χ1v) is 7.56. The summed E-state index contributed by atoms with van der Waals surface area (Å²) in [5, 5.41) is 9.92. The van der Waals surface area contributed by atoms with E-state index in [1.807, 2.05) is 41.1 Å². The summed E-state index contributed by atoms with van der Waals surface area (Å²) in [6.07, 6.45) is 7.04. The lowest BCUT2D eigenvalue weighted by Gasteiger charge is -2.00. The summed E-state index contributed by atoms with van der Waals surface area (Å²) in [5.74, 6) is 0.443. The van der Waals surface area contributed by atoms with E-state index in [4.69, 9.17) is 0 Å². The predicted octanol–water partition coefficient (Wildman–Crippen LogP) is 1.91. The zero-order chi connectivity index (χ0) is 14.9. The van der Waals surface area contributed by atoms with E-state index in [1.165, 1.54) is 12.8 Å². The van der Waals surface area contributed by atoms with Gasteiger partial charge in [0.1, 0.15) is 11.3 Å². The Morgan fingerprint density at radius 3 is 3.14 bits per heavy atom. The molecule has 22 heavy (non-hydrogen) atoms. The number of hydrogen-bond donors (Lipinski definition) is 2. The second kappa shape index (κ2) is 5.29. The van der Waals surface area contributed by atoms with Gasteiger partial charge < -0.3 is 9.72 Å². The van der Waals surface area contributed by atoms with Crippen LogP contribution in [0.25, 0.3) is 5.65 Å². The standard InChI is InChI=1S/C16H17N5O/c22-16(14-9-13(19-20-14)11-4-5-11)17-7-6-12-10-21-8-2-1-3-15(21)18-12/h1-3,8-11H,4-7H2,(H,17,22)(H,19,20). The zero-order valence-corrected chi connectivity index (χ0v) is 12.1. The van der Waals surface area contributed by atoms with Crippen molar-refractivity contribution in [2.75, 3.05) is 6.54 Å². The minimum absolute atomic E-state index is 0.132. The molecule has 2 N–H and O–H groups in total. The highest BCUT2D eigenvalue weighted by atomic mass is 16.1. The van der Waals surface area contributed by atoms with Crippen molar-refractivity contribution in [1.82, 2.24) is 24.9 Å². The quantitative estimate of drug-likeness (QED) is 0.755. The Kier molecular flexibility index (Phi) is 3.14. The van der Waals surface area contributed by atoms with E-state index >= 15 is 0 Å². The third-order valence-electron chi connectivity index (χ3n) is 3.93. The van der Waals surface area contributed by atoms with Crippen LogP contribution in [0.5, 0.6) is 0 Å². The van der Waals surface area contributed by atoms with Crippen molar-refractivity contribution in [3.63, 3.8) is 0 Å². The van der Waals surface area contributed by atoms with Crippen LogP contribution in [0.4, 0.5) is 0 Å². The van der Waals surface area contributed by atoms with Crippen LogP contribution < -0.4 is 5.32 Å². The lowest BCUT2D eigenvalue weighted by Crippen LogP contribution is -2.26. The number of imidazole rings is 1. The SMILES string of the molecule is O=C(NCCc1cn2ccccc2n1)c1cc(C2CC2)[nH]n1. The van der Waals surface area contributed by atoms with Gasteiger partial charge in [-0.05, 0) is 31.0 Å². The molecule has 112 valence electrons. The number of nitrogens with one attached hydrogen (secondary N) is 2. The summed E-state index contributed by atoms with van der Waals surface area (Å²) < 4.78 is 1.98. The van der Waals surface area contributed by atoms with E-state index in [0.29, 0.717) is 24.6 Å². The monoisotopic (exact) mass is 295 g/mol. The Hall–Kier alpha value is -2.63. The van der Waals surface area contributed by atoms with Crippen molar-refractivity contribution in [2.24, 2.45) is 0 Å². The fourth-order valence-corrected chi connectivity index (χ4v) is 2.56. The number of H-pyrrole nitrogens is 1. The fourth-order valence-electron chi connectivity index (χ4n) is 2.56. The molecule has 0 aromatic carbocycles. The summed E-state index contributed by atoms with van der Waals surface area (Å²) >= 11 is 0. The molecule has 0 atom stereocenters. The molecular formula is C16H17N5O. The van der Waals surface area contributed by atoms with Gasteiger partial charge in [0.25, 0.3) is 5.91 Å². The molecule has 1 amide bonds. The predicted molar refractivity (Wildman–Crippen MR) is 81.8 cm³/mol. The van der Waals surface area contributed by atoms with Gasteiger partial charge >= 0.3 is 0 Å². The Balaban J connectivity index is 1.34. The minimum atomic E-state index is -0.132. The molecule has 3 aromatic heterocycles. The number of aromatic nitrogens is 4. The Bertz CT molecular complexity index is 782. The number of carbonyl (C=O) groups excluding carboxylic acids is 1. The number of pyridine rings is 1. The first-order valence-electron chi connectivity index (χ1n) is 7.56. The minimum Gasteiger partial charge on any atom is -0.350 e. The number of nitrogens with zero attached hydrogens (tertiary/aromatic N) is 3. The highest BCUT2D eigenvalue weighted by Gasteiger charge is 2.26. The largest absolute Gasteiger partial charge is 0.350 e. The van der Waals surface area contributed by atoms with Crippen LogP contribution in [0.3, 0.4) is 0 Å². The van der Waals surface area contributed by atoms with Crippen LogP contribution in [0.1, 0.15) is 40.6 Å². The van der Waals surface area contributed by atoms with Crippen LogP contribution in [0.15, 0.2) is 36.7 Å². The normalized spacial score (nSPS) is 14.4. The molecule has 0 radical (unpaired) electrons. The highest BCUT2D eigenvalue weighted by molar-refractivity contribution is 5.92. The zero-order valence-electron chi connectivity index (χ0n) is 12.1. The maximum absolute atomic E-state index is 12.0. The van der Waals surface area contributed by atoms with Crippen LogP contribution in [-0.2, 0) is 6.42 Å². The lowest BCUT2D eigenvalue weighted by molar-refractivity contribution is 0.0949. The van der Waals surface area contributed by atoms with Gasteiger partial charge in [0.05, 0.1) is 5.69 Å². The molecule has 3 aromatic rings. The fraction of sp³-hybridized carbons (Fsp3) is 0.312. The molecular weight excluding hydrogens is 278 g/mol. The van der Waals surface area contributed by atoms with Crippen molar-refractivity contribution in [3.05, 3.63) is 53.7 Å². The number of aromatic amines is 1. The molecule has 6 nitrogen and oxygen atoms in total. The number of hydrogen-bond acceptors (Lipinski definition) is 3. The third-order valence-corrected chi connectivity index (χ3v) is 3.93. The van der Waals surface area contributed by atoms with Crippen molar-refractivity contribution >= 4 is 11.6 Å². The topological polar surface area (TPSA) is 75.1 Å². The van der Waals surface area contributed by atoms with E-state index < -0.39 is 0 Å². The van der Waals surface area contributed by atoms with Crippen LogP contribution in [0.2, 0.25) is 0 Å². The summed E-state index contributed by atoms with van der Waals surface area (Å²) in [5.41, 5.74) is 3.43. The molecule has 3 heterocycles. The van der Waals surface area contributed by atoms with Gasteiger partial charge in [-0.1, -0.05) is 6.07 Å². The molecule has 0 bridgehead atoms. The molecule has 1 saturated carbocycles. The van der Waals surface area contributed by atoms with E-state index in [2.05, 4.69) is 20.5 Å². The van der Waals surface area contributed by atoms with Crippen molar-refractivity contribution in [2.45, 2.75) is 25.2 Å². The van der Waals surface area contributed by atoms with Crippen LogP contribution in [0, 0.1) is 0 Å². The first-order chi connectivity index (χ1) is 10.8. The Labute approximate surface area is 127 Å². The van der Waals surface area contributed by atoms with Gasteiger partial charge in [-0.25, -0.2) is 4.98 Å². The van der Waals surface area contributed by atoms with Crippen LogP contribution >= 0.6 is 0 Å².